The van der Waals surface area contributed by atoms with Crippen molar-refractivity contribution in [2.45, 2.75) is 39.0 Å². The number of likely N-dealkylation sites (tertiary alicyclic amines) is 2. The normalized spacial score (nSPS) is 20.8. The zero-order chi connectivity index (χ0) is 18.0. The molecule has 0 saturated carbocycles. The summed E-state index contributed by atoms with van der Waals surface area (Å²) in [4.78, 5) is 44.7. The van der Waals surface area contributed by atoms with Crippen LogP contribution in [-0.4, -0.2) is 58.9 Å². The summed E-state index contributed by atoms with van der Waals surface area (Å²) in [6.45, 7) is 5.56. The van der Waals surface area contributed by atoms with Gasteiger partial charge in [-0.25, -0.2) is 4.79 Å². The Hall–Kier alpha value is -1.89. The minimum absolute atomic E-state index is 0.0255. The molecule has 0 spiro atoms. The third kappa shape index (κ3) is 4.21. The van der Waals surface area contributed by atoms with Crippen molar-refractivity contribution >= 4 is 5.91 Å². The number of nitrogens with one attached hydrogen (secondary N) is 2. The number of aryl methyl sites for hydroxylation is 1. The Morgan fingerprint density at radius 3 is 2.12 bits per heavy atom. The van der Waals surface area contributed by atoms with E-state index in [0.717, 1.165) is 37.8 Å². The Kier molecular flexibility index (Phi) is 5.42. The van der Waals surface area contributed by atoms with E-state index in [1.54, 1.807) is 6.92 Å². The highest BCUT2D eigenvalue weighted by atomic mass is 16.2. The molecular formula is C18H28N4O3. The summed E-state index contributed by atoms with van der Waals surface area (Å²) in [5.41, 5.74) is -0.154. The van der Waals surface area contributed by atoms with Crippen molar-refractivity contribution in [1.29, 1.82) is 0 Å². The summed E-state index contributed by atoms with van der Waals surface area (Å²) in [5.74, 6) is 1.48. The zero-order valence-electron chi connectivity index (χ0n) is 15.1. The van der Waals surface area contributed by atoms with Gasteiger partial charge in [0.15, 0.2) is 0 Å². The van der Waals surface area contributed by atoms with Crippen molar-refractivity contribution in [3.63, 3.8) is 0 Å². The molecule has 2 aliphatic heterocycles. The van der Waals surface area contributed by atoms with E-state index in [1.165, 1.54) is 25.9 Å². The second-order valence-corrected chi connectivity index (χ2v) is 7.55. The van der Waals surface area contributed by atoms with E-state index in [-0.39, 0.29) is 12.3 Å². The zero-order valence-corrected chi connectivity index (χ0v) is 15.1. The van der Waals surface area contributed by atoms with E-state index >= 15 is 0 Å². The molecular weight excluding hydrogens is 320 g/mol. The maximum absolute atomic E-state index is 12.6. The molecule has 0 aliphatic carbocycles. The molecule has 2 saturated heterocycles. The number of nitrogens with zero attached hydrogens (tertiary/aromatic N) is 2. The fourth-order valence-electron chi connectivity index (χ4n) is 4.22. The maximum atomic E-state index is 12.6. The standard InChI is InChI=1S/C18H28N4O3/c1-12-15(17(24)20-18(25)19-12)11-16(23)22-9-5-14(6-10-22)13-3-7-21(2)8-4-13/h13-14H,3-11H2,1-2H3,(H2,19,20,24,25). The van der Waals surface area contributed by atoms with Crippen LogP contribution in [0.3, 0.4) is 0 Å². The number of aromatic amines is 2. The van der Waals surface area contributed by atoms with Crippen LogP contribution in [0.5, 0.6) is 0 Å². The lowest BCUT2D eigenvalue weighted by molar-refractivity contribution is -0.132. The largest absolute Gasteiger partial charge is 0.342 e. The summed E-state index contributed by atoms with van der Waals surface area (Å²) in [5, 5.41) is 0. The summed E-state index contributed by atoms with van der Waals surface area (Å²) < 4.78 is 0. The molecule has 0 unspecified atom stereocenters. The molecule has 2 aliphatic rings. The molecule has 7 heteroatoms. The van der Waals surface area contributed by atoms with Gasteiger partial charge in [-0.15, -0.1) is 0 Å². The summed E-state index contributed by atoms with van der Waals surface area (Å²) in [6, 6.07) is 0. The minimum atomic E-state index is -0.530. The first-order chi connectivity index (χ1) is 11.9. The van der Waals surface area contributed by atoms with Crippen LogP contribution in [0.15, 0.2) is 9.59 Å². The molecule has 1 aromatic rings. The minimum Gasteiger partial charge on any atom is -0.342 e. The fraction of sp³-hybridized carbons (Fsp3) is 0.722. The molecule has 25 heavy (non-hydrogen) atoms. The predicted octanol–water partition coefficient (Wildman–Crippen LogP) is 0.495. The Morgan fingerprint density at radius 1 is 1.00 bits per heavy atom. The summed E-state index contributed by atoms with van der Waals surface area (Å²) >= 11 is 0. The molecule has 3 heterocycles. The van der Waals surface area contributed by atoms with Crippen molar-refractivity contribution in [3.05, 3.63) is 32.1 Å². The molecule has 2 fully saturated rings. The van der Waals surface area contributed by atoms with Crippen LogP contribution in [0.2, 0.25) is 0 Å². The van der Waals surface area contributed by atoms with Gasteiger partial charge in [0.2, 0.25) is 5.91 Å². The molecule has 2 N–H and O–H groups in total. The lowest BCUT2D eigenvalue weighted by atomic mass is 9.79. The number of rotatable bonds is 3. The molecule has 0 aromatic carbocycles. The molecule has 138 valence electrons. The van der Waals surface area contributed by atoms with E-state index in [9.17, 15) is 14.4 Å². The predicted molar refractivity (Wildman–Crippen MR) is 95.6 cm³/mol. The number of H-pyrrole nitrogens is 2. The number of carbonyl (C=O) groups excluding carboxylic acids is 1. The van der Waals surface area contributed by atoms with Crippen LogP contribution in [0.1, 0.15) is 36.9 Å². The van der Waals surface area contributed by atoms with E-state index < -0.39 is 11.2 Å². The van der Waals surface area contributed by atoms with Crippen molar-refractivity contribution in [3.8, 4) is 0 Å². The highest BCUT2D eigenvalue weighted by molar-refractivity contribution is 5.79. The molecule has 0 bridgehead atoms. The van der Waals surface area contributed by atoms with Crippen LogP contribution in [0, 0.1) is 18.8 Å². The number of carbonyl (C=O) groups is 1. The van der Waals surface area contributed by atoms with Gasteiger partial charge in [-0.2, -0.15) is 0 Å². The average molecular weight is 348 g/mol. The number of aromatic nitrogens is 2. The van der Waals surface area contributed by atoms with Gasteiger partial charge < -0.3 is 14.8 Å². The quantitative estimate of drug-likeness (QED) is 0.832. The fourth-order valence-corrected chi connectivity index (χ4v) is 4.22. The number of hydrogen-bond acceptors (Lipinski definition) is 4. The maximum Gasteiger partial charge on any atom is 0.325 e. The van der Waals surface area contributed by atoms with Gasteiger partial charge in [0.1, 0.15) is 0 Å². The van der Waals surface area contributed by atoms with E-state index in [4.69, 9.17) is 0 Å². The summed E-state index contributed by atoms with van der Waals surface area (Å²) in [6.07, 6.45) is 4.70. The van der Waals surface area contributed by atoms with Crippen LogP contribution >= 0.6 is 0 Å². The molecule has 7 nitrogen and oxygen atoms in total. The van der Waals surface area contributed by atoms with Gasteiger partial charge in [-0.1, -0.05) is 0 Å². The van der Waals surface area contributed by atoms with Gasteiger partial charge in [-0.05, 0) is 64.6 Å². The second-order valence-electron chi connectivity index (χ2n) is 7.55. The average Bonchev–Trinajstić information content (AvgIpc) is 2.59. The van der Waals surface area contributed by atoms with Gasteiger partial charge in [0, 0.05) is 24.3 Å². The van der Waals surface area contributed by atoms with Crippen molar-refractivity contribution < 1.29 is 4.79 Å². The van der Waals surface area contributed by atoms with E-state index in [2.05, 4.69) is 21.9 Å². The van der Waals surface area contributed by atoms with Crippen molar-refractivity contribution in [1.82, 2.24) is 19.8 Å². The first-order valence-corrected chi connectivity index (χ1v) is 9.22. The Bertz CT molecular complexity index is 723. The van der Waals surface area contributed by atoms with Crippen LogP contribution in [0.25, 0.3) is 0 Å². The highest BCUT2D eigenvalue weighted by Crippen LogP contribution is 2.32. The van der Waals surface area contributed by atoms with E-state index in [0.29, 0.717) is 11.3 Å². The third-order valence-corrected chi connectivity index (χ3v) is 5.91. The second kappa shape index (κ2) is 7.56. The molecule has 0 radical (unpaired) electrons. The van der Waals surface area contributed by atoms with Gasteiger partial charge in [-0.3, -0.25) is 14.6 Å². The Morgan fingerprint density at radius 2 is 1.56 bits per heavy atom. The lowest BCUT2D eigenvalue weighted by Gasteiger charge is -2.39. The van der Waals surface area contributed by atoms with Crippen LogP contribution in [-0.2, 0) is 11.2 Å². The number of hydrogen-bond donors (Lipinski definition) is 2. The lowest BCUT2D eigenvalue weighted by Crippen LogP contribution is -2.43. The van der Waals surface area contributed by atoms with Gasteiger partial charge in [0.25, 0.3) is 5.56 Å². The first-order valence-electron chi connectivity index (χ1n) is 9.22. The topological polar surface area (TPSA) is 89.3 Å². The molecule has 0 atom stereocenters. The SMILES string of the molecule is Cc1[nH]c(=O)[nH]c(=O)c1CC(=O)N1CCC(C2CCN(C)CC2)CC1. The Balaban J connectivity index is 1.55. The number of amides is 1. The molecule has 1 aromatic heterocycles. The van der Waals surface area contributed by atoms with Crippen molar-refractivity contribution in [2.24, 2.45) is 11.8 Å². The monoisotopic (exact) mass is 348 g/mol. The van der Waals surface area contributed by atoms with Crippen molar-refractivity contribution in [2.75, 3.05) is 33.2 Å². The van der Waals surface area contributed by atoms with Crippen LogP contribution < -0.4 is 11.2 Å². The molecule has 1 amide bonds. The van der Waals surface area contributed by atoms with Crippen LogP contribution in [0.4, 0.5) is 0 Å². The third-order valence-electron chi connectivity index (χ3n) is 5.91. The van der Waals surface area contributed by atoms with E-state index in [1.807, 2.05) is 4.90 Å². The highest BCUT2D eigenvalue weighted by Gasteiger charge is 2.30. The van der Waals surface area contributed by atoms with Gasteiger partial charge >= 0.3 is 5.69 Å². The number of piperidine rings is 2. The Labute approximate surface area is 147 Å². The smallest absolute Gasteiger partial charge is 0.325 e. The first kappa shape index (κ1) is 17.9. The van der Waals surface area contributed by atoms with Gasteiger partial charge in [0.05, 0.1) is 6.42 Å². The summed E-state index contributed by atoms with van der Waals surface area (Å²) in [7, 11) is 2.18. The molecule has 3 rings (SSSR count).